The van der Waals surface area contributed by atoms with Crippen LogP contribution in [0.3, 0.4) is 0 Å². The summed E-state index contributed by atoms with van der Waals surface area (Å²) in [5, 5.41) is 17.0. The van der Waals surface area contributed by atoms with Gasteiger partial charge in [-0.2, -0.15) is 5.26 Å². The lowest BCUT2D eigenvalue weighted by Gasteiger charge is -2.30. The zero-order chi connectivity index (χ0) is 9.30. The van der Waals surface area contributed by atoms with Crippen LogP contribution in [0.15, 0.2) is 0 Å². The van der Waals surface area contributed by atoms with Crippen LogP contribution in [0.5, 0.6) is 0 Å². The number of aliphatic hydroxyl groups is 1. The first-order valence-corrected chi connectivity index (χ1v) is 3.47. The van der Waals surface area contributed by atoms with Crippen molar-refractivity contribution in [2.24, 2.45) is 11.7 Å². The van der Waals surface area contributed by atoms with Gasteiger partial charge in [-0.05, 0) is 0 Å². The number of carbonyl (C=O) groups is 2. The van der Waals surface area contributed by atoms with Crippen molar-refractivity contribution < 1.29 is 14.7 Å². The molecule has 0 aromatic carbocycles. The van der Waals surface area contributed by atoms with Crippen molar-refractivity contribution in [2.45, 2.75) is 18.6 Å². The Bertz CT molecular complexity index is 252. The molecule has 0 aromatic heterocycles. The maximum Gasteiger partial charge on any atom is 0.181 e. The molecule has 0 heterocycles. The van der Waals surface area contributed by atoms with E-state index in [-0.39, 0.29) is 6.42 Å². The lowest BCUT2D eigenvalue weighted by molar-refractivity contribution is -0.158. The van der Waals surface area contributed by atoms with Gasteiger partial charge in [0.1, 0.15) is 0 Å². The Labute approximate surface area is 68.8 Å². The SMILES string of the molecule is N#CCC(N)C1C(=O)C(O)C1=O. The van der Waals surface area contributed by atoms with Crippen molar-refractivity contribution in [3.63, 3.8) is 0 Å². The predicted octanol–water partition coefficient (Wildman–Crippen LogP) is -1.64. The molecule has 0 radical (unpaired) electrons. The fourth-order valence-corrected chi connectivity index (χ4v) is 1.17. The number of nitrogens with zero attached hydrogens (tertiary/aromatic N) is 1. The third kappa shape index (κ3) is 1.11. The average Bonchev–Trinajstić information content (AvgIpc) is 2.05. The average molecular weight is 168 g/mol. The molecule has 0 spiro atoms. The number of rotatable bonds is 2. The molecule has 0 saturated heterocycles. The summed E-state index contributed by atoms with van der Waals surface area (Å²) < 4.78 is 0. The molecule has 0 bridgehead atoms. The van der Waals surface area contributed by atoms with Crippen LogP contribution < -0.4 is 5.73 Å². The van der Waals surface area contributed by atoms with E-state index in [2.05, 4.69) is 0 Å². The zero-order valence-electron chi connectivity index (χ0n) is 6.23. The van der Waals surface area contributed by atoms with E-state index in [1.807, 2.05) is 0 Å². The number of hydrogen-bond donors (Lipinski definition) is 2. The summed E-state index contributed by atoms with van der Waals surface area (Å²) in [7, 11) is 0. The molecule has 3 N–H and O–H groups in total. The van der Waals surface area contributed by atoms with Crippen LogP contribution in [0.4, 0.5) is 0 Å². The fourth-order valence-electron chi connectivity index (χ4n) is 1.17. The van der Waals surface area contributed by atoms with Gasteiger partial charge in [0.25, 0.3) is 0 Å². The molecule has 5 nitrogen and oxygen atoms in total. The lowest BCUT2D eigenvalue weighted by atomic mass is 9.74. The number of hydrogen-bond acceptors (Lipinski definition) is 5. The molecule has 5 heteroatoms. The standard InChI is InChI=1S/C7H8N2O3/c8-2-1-3(9)4-5(10)7(12)6(4)11/h3-4,7,12H,1,9H2. The zero-order valence-corrected chi connectivity index (χ0v) is 6.23. The number of nitriles is 1. The van der Waals surface area contributed by atoms with Crippen molar-refractivity contribution in [1.29, 1.82) is 5.26 Å². The second kappa shape index (κ2) is 3.01. The van der Waals surface area contributed by atoms with Crippen LogP contribution in [0, 0.1) is 17.2 Å². The molecule has 1 unspecified atom stereocenters. The minimum Gasteiger partial charge on any atom is -0.378 e. The normalized spacial score (nSPS) is 30.8. The molecule has 1 atom stereocenters. The quantitative estimate of drug-likeness (QED) is 0.481. The highest BCUT2D eigenvalue weighted by Gasteiger charge is 2.50. The Morgan fingerprint density at radius 3 is 2.50 bits per heavy atom. The molecule has 0 amide bonds. The van der Waals surface area contributed by atoms with Gasteiger partial charge in [0.05, 0.1) is 18.4 Å². The van der Waals surface area contributed by atoms with Crippen LogP contribution in [0.1, 0.15) is 6.42 Å². The molecular weight excluding hydrogens is 160 g/mol. The Balaban J connectivity index is 2.61. The number of nitrogens with two attached hydrogens (primary N) is 1. The van der Waals surface area contributed by atoms with E-state index < -0.39 is 29.6 Å². The maximum atomic E-state index is 10.8. The highest BCUT2D eigenvalue weighted by Crippen LogP contribution is 2.22. The molecule has 1 saturated carbocycles. The molecule has 0 aliphatic heterocycles. The summed E-state index contributed by atoms with van der Waals surface area (Å²) in [4.78, 5) is 21.7. The molecule has 0 aromatic rings. The monoisotopic (exact) mass is 168 g/mol. The Morgan fingerprint density at radius 2 is 2.08 bits per heavy atom. The largest absolute Gasteiger partial charge is 0.378 e. The van der Waals surface area contributed by atoms with Crippen LogP contribution in [0.25, 0.3) is 0 Å². The molecule has 64 valence electrons. The summed E-state index contributed by atoms with van der Waals surface area (Å²) in [5.74, 6) is -2.09. The van der Waals surface area contributed by atoms with Gasteiger partial charge in [-0.25, -0.2) is 0 Å². The van der Waals surface area contributed by atoms with Crippen LogP contribution >= 0.6 is 0 Å². The third-order valence-corrected chi connectivity index (χ3v) is 1.91. The van der Waals surface area contributed by atoms with Crippen molar-refractivity contribution in [2.75, 3.05) is 0 Å². The van der Waals surface area contributed by atoms with Gasteiger partial charge >= 0.3 is 0 Å². The van der Waals surface area contributed by atoms with E-state index in [0.717, 1.165) is 0 Å². The van der Waals surface area contributed by atoms with Crippen LogP contribution in [0.2, 0.25) is 0 Å². The van der Waals surface area contributed by atoms with Gasteiger partial charge in [-0.3, -0.25) is 9.59 Å². The molecule has 1 rings (SSSR count). The number of aliphatic hydroxyl groups excluding tert-OH is 1. The minimum absolute atomic E-state index is 0.0468. The van der Waals surface area contributed by atoms with E-state index in [0.29, 0.717) is 0 Å². The van der Waals surface area contributed by atoms with Crippen LogP contribution in [-0.4, -0.2) is 28.8 Å². The Hall–Kier alpha value is -1.25. The maximum absolute atomic E-state index is 10.8. The fraction of sp³-hybridized carbons (Fsp3) is 0.571. The molecule has 12 heavy (non-hydrogen) atoms. The number of carbonyl (C=O) groups excluding carboxylic acids is 2. The van der Waals surface area contributed by atoms with E-state index in [4.69, 9.17) is 16.1 Å². The highest BCUT2D eigenvalue weighted by atomic mass is 16.3. The van der Waals surface area contributed by atoms with Crippen molar-refractivity contribution in [3.05, 3.63) is 0 Å². The third-order valence-electron chi connectivity index (χ3n) is 1.91. The van der Waals surface area contributed by atoms with Gasteiger partial charge in [-0.1, -0.05) is 0 Å². The first-order chi connectivity index (χ1) is 5.59. The van der Waals surface area contributed by atoms with Gasteiger partial charge in [-0.15, -0.1) is 0 Å². The topological polar surface area (TPSA) is 104 Å². The Kier molecular flexibility index (Phi) is 2.22. The van der Waals surface area contributed by atoms with Crippen molar-refractivity contribution >= 4 is 11.6 Å². The van der Waals surface area contributed by atoms with Gasteiger partial charge < -0.3 is 10.8 Å². The van der Waals surface area contributed by atoms with E-state index in [1.54, 1.807) is 6.07 Å². The van der Waals surface area contributed by atoms with Gasteiger partial charge in [0.15, 0.2) is 17.7 Å². The van der Waals surface area contributed by atoms with Gasteiger partial charge in [0, 0.05) is 6.04 Å². The first kappa shape index (κ1) is 8.84. The minimum atomic E-state index is -1.50. The van der Waals surface area contributed by atoms with Crippen LogP contribution in [-0.2, 0) is 9.59 Å². The summed E-state index contributed by atoms with van der Waals surface area (Å²) in [5.41, 5.74) is 5.36. The van der Waals surface area contributed by atoms with Crippen molar-refractivity contribution in [1.82, 2.24) is 0 Å². The second-order valence-electron chi connectivity index (χ2n) is 2.71. The molecule has 1 aliphatic rings. The number of ketones is 2. The first-order valence-electron chi connectivity index (χ1n) is 3.47. The van der Waals surface area contributed by atoms with E-state index >= 15 is 0 Å². The molecule has 1 aliphatic carbocycles. The summed E-state index contributed by atoms with van der Waals surface area (Å²) in [6.45, 7) is 0. The Morgan fingerprint density at radius 1 is 1.58 bits per heavy atom. The van der Waals surface area contributed by atoms with E-state index in [1.165, 1.54) is 0 Å². The van der Waals surface area contributed by atoms with Crippen molar-refractivity contribution in [3.8, 4) is 6.07 Å². The summed E-state index contributed by atoms with van der Waals surface area (Å²) in [6, 6.07) is 0.996. The smallest absolute Gasteiger partial charge is 0.181 e. The highest BCUT2D eigenvalue weighted by molar-refractivity contribution is 6.26. The molecular formula is C7H8N2O3. The summed E-state index contributed by atoms with van der Waals surface area (Å²) >= 11 is 0. The molecule has 1 fully saturated rings. The summed E-state index contributed by atoms with van der Waals surface area (Å²) in [6.07, 6.45) is -1.55. The van der Waals surface area contributed by atoms with Gasteiger partial charge in [0.2, 0.25) is 0 Å². The predicted molar refractivity (Wildman–Crippen MR) is 37.7 cm³/mol. The lowest BCUT2D eigenvalue weighted by Crippen LogP contribution is -2.59. The number of Topliss-reactive ketones (excluding diaryl/α,β-unsaturated/α-hetero) is 2. The second-order valence-corrected chi connectivity index (χ2v) is 2.71. The van der Waals surface area contributed by atoms with E-state index in [9.17, 15) is 9.59 Å².